The van der Waals surface area contributed by atoms with Crippen LogP contribution in [-0.4, -0.2) is 18.7 Å². The van der Waals surface area contributed by atoms with Crippen molar-refractivity contribution in [1.29, 1.82) is 0 Å². The molecule has 2 heteroatoms. The molecule has 68 valence electrons. The lowest BCUT2D eigenvalue weighted by Gasteiger charge is -2.21. The Morgan fingerprint density at radius 1 is 1.83 bits per heavy atom. The van der Waals surface area contributed by atoms with E-state index in [4.69, 9.17) is 4.74 Å². The summed E-state index contributed by atoms with van der Waals surface area (Å²) in [5, 5.41) is 3.33. The zero-order valence-electron chi connectivity index (χ0n) is 7.62. The Labute approximate surface area is 74.3 Å². The van der Waals surface area contributed by atoms with Crippen LogP contribution in [0.1, 0.15) is 19.8 Å². The first-order chi connectivity index (χ1) is 5.83. The summed E-state index contributed by atoms with van der Waals surface area (Å²) in [6.45, 7) is 6.71. The lowest BCUT2D eigenvalue weighted by molar-refractivity contribution is 0.121. The van der Waals surface area contributed by atoms with Crippen LogP contribution < -0.4 is 5.32 Å². The minimum absolute atomic E-state index is 0.345. The van der Waals surface area contributed by atoms with Crippen LogP contribution in [0, 0.1) is 0 Å². The molecule has 0 aromatic rings. The van der Waals surface area contributed by atoms with Crippen LogP contribution in [0.5, 0.6) is 0 Å². The van der Waals surface area contributed by atoms with Gasteiger partial charge < -0.3 is 10.1 Å². The average Bonchev–Trinajstić information content (AvgIpc) is 2.16. The first-order valence-electron chi connectivity index (χ1n) is 4.49. The fourth-order valence-corrected chi connectivity index (χ4v) is 1.14. The highest BCUT2D eigenvalue weighted by Gasteiger charge is 2.10. The number of hydrogen-bond donors (Lipinski definition) is 1. The van der Waals surface area contributed by atoms with Gasteiger partial charge >= 0.3 is 0 Å². The van der Waals surface area contributed by atoms with Gasteiger partial charge in [-0.2, -0.15) is 0 Å². The van der Waals surface area contributed by atoms with Gasteiger partial charge in [0.05, 0.1) is 6.26 Å². The number of hydrogen-bond acceptors (Lipinski definition) is 2. The third kappa shape index (κ3) is 3.09. The van der Waals surface area contributed by atoms with E-state index in [1.165, 1.54) is 0 Å². The maximum atomic E-state index is 5.40. The number of nitrogens with one attached hydrogen (secondary N) is 1. The van der Waals surface area contributed by atoms with E-state index >= 15 is 0 Å². The Balaban J connectivity index is 2.14. The zero-order chi connectivity index (χ0) is 8.81. The van der Waals surface area contributed by atoms with Gasteiger partial charge in [0, 0.05) is 12.6 Å². The summed E-state index contributed by atoms with van der Waals surface area (Å²) in [6.07, 6.45) is 8.36. The molecule has 0 aromatic heterocycles. The third-order valence-corrected chi connectivity index (χ3v) is 2.04. The molecule has 0 spiro atoms. The van der Waals surface area contributed by atoms with Crippen molar-refractivity contribution in [2.45, 2.75) is 31.9 Å². The van der Waals surface area contributed by atoms with E-state index in [0.29, 0.717) is 12.1 Å². The van der Waals surface area contributed by atoms with E-state index in [-0.39, 0.29) is 0 Å². The Morgan fingerprint density at radius 3 is 3.25 bits per heavy atom. The molecule has 2 nitrogen and oxygen atoms in total. The Hall–Kier alpha value is -0.760. The molecule has 0 fully saturated rings. The highest BCUT2D eigenvalue weighted by Crippen LogP contribution is 2.08. The van der Waals surface area contributed by atoms with Crippen molar-refractivity contribution in [2.24, 2.45) is 0 Å². The molecule has 0 bridgehead atoms. The van der Waals surface area contributed by atoms with Crippen molar-refractivity contribution >= 4 is 0 Å². The smallest absolute Gasteiger partial charge is 0.110 e. The van der Waals surface area contributed by atoms with Crippen LogP contribution in [-0.2, 0) is 4.74 Å². The van der Waals surface area contributed by atoms with Crippen molar-refractivity contribution < 1.29 is 4.74 Å². The molecule has 0 amide bonds. The fourth-order valence-electron chi connectivity index (χ4n) is 1.14. The molecular formula is C10H17NO. The number of rotatable bonds is 4. The molecule has 1 heterocycles. The van der Waals surface area contributed by atoms with Crippen molar-refractivity contribution in [1.82, 2.24) is 5.32 Å². The maximum absolute atomic E-state index is 5.40. The van der Waals surface area contributed by atoms with Crippen LogP contribution in [0.2, 0.25) is 0 Å². The molecule has 1 aliphatic heterocycles. The SMILES string of the molecule is C=CC(C)NCC1CCC=CO1. The van der Waals surface area contributed by atoms with Crippen LogP contribution >= 0.6 is 0 Å². The van der Waals surface area contributed by atoms with E-state index in [2.05, 4.69) is 24.9 Å². The van der Waals surface area contributed by atoms with Gasteiger partial charge in [-0.15, -0.1) is 6.58 Å². The van der Waals surface area contributed by atoms with Gasteiger partial charge in [-0.1, -0.05) is 6.08 Å². The predicted molar refractivity (Wildman–Crippen MR) is 50.9 cm³/mol. The molecular weight excluding hydrogens is 150 g/mol. The Kier molecular flexibility index (Phi) is 3.88. The summed E-state index contributed by atoms with van der Waals surface area (Å²) >= 11 is 0. The third-order valence-electron chi connectivity index (χ3n) is 2.04. The predicted octanol–water partition coefficient (Wildman–Crippen LogP) is 1.84. The van der Waals surface area contributed by atoms with E-state index < -0.39 is 0 Å². The van der Waals surface area contributed by atoms with E-state index in [1.807, 2.05) is 6.08 Å². The van der Waals surface area contributed by atoms with Gasteiger partial charge in [-0.05, 0) is 25.8 Å². The van der Waals surface area contributed by atoms with E-state index in [9.17, 15) is 0 Å². The van der Waals surface area contributed by atoms with Gasteiger partial charge in [-0.25, -0.2) is 0 Å². The van der Waals surface area contributed by atoms with E-state index in [0.717, 1.165) is 19.4 Å². The molecule has 0 aliphatic carbocycles. The first kappa shape index (κ1) is 9.33. The van der Waals surface area contributed by atoms with Crippen molar-refractivity contribution in [3.63, 3.8) is 0 Å². The molecule has 12 heavy (non-hydrogen) atoms. The molecule has 1 N–H and O–H groups in total. The van der Waals surface area contributed by atoms with Gasteiger partial charge in [0.25, 0.3) is 0 Å². The second kappa shape index (κ2) is 4.99. The number of allylic oxidation sites excluding steroid dienone is 1. The number of ether oxygens (including phenoxy) is 1. The zero-order valence-corrected chi connectivity index (χ0v) is 7.62. The minimum atomic E-state index is 0.345. The molecule has 0 saturated heterocycles. The lowest BCUT2D eigenvalue weighted by Crippen LogP contribution is -2.33. The highest BCUT2D eigenvalue weighted by molar-refractivity contribution is 4.86. The molecule has 1 aliphatic rings. The van der Waals surface area contributed by atoms with Gasteiger partial charge in [0.1, 0.15) is 6.10 Å². The fraction of sp³-hybridized carbons (Fsp3) is 0.600. The van der Waals surface area contributed by atoms with Crippen LogP contribution in [0.15, 0.2) is 25.0 Å². The molecule has 2 atom stereocenters. The summed E-state index contributed by atoms with van der Waals surface area (Å²) in [5.74, 6) is 0. The highest BCUT2D eigenvalue weighted by atomic mass is 16.5. The standard InChI is InChI=1S/C10H17NO/c1-3-9(2)11-8-10-6-4-5-7-12-10/h3,5,7,9-11H,1,4,6,8H2,2H3. The molecule has 2 unspecified atom stereocenters. The lowest BCUT2D eigenvalue weighted by atomic mass is 10.1. The van der Waals surface area contributed by atoms with Crippen LogP contribution in [0.3, 0.4) is 0 Å². The molecule has 0 saturated carbocycles. The summed E-state index contributed by atoms with van der Waals surface area (Å²) in [4.78, 5) is 0. The normalized spacial score (nSPS) is 24.6. The maximum Gasteiger partial charge on any atom is 0.110 e. The molecule has 0 aromatic carbocycles. The van der Waals surface area contributed by atoms with Crippen molar-refractivity contribution in [2.75, 3.05) is 6.54 Å². The van der Waals surface area contributed by atoms with E-state index in [1.54, 1.807) is 6.26 Å². The first-order valence-corrected chi connectivity index (χ1v) is 4.49. The summed E-state index contributed by atoms with van der Waals surface area (Å²) in [7, 11) is 0. The van der Waals surface area contributed by atoms with Crippen LogP contribution in [0.4, 0.5) is 0 Å². The van der Waals surface area contributed by atoms with Gasteiger partial charge in [0.2, 0.25) is 0 Å². The van der Waals surface area contributed by atoms with Crippen molar-refractivity contribution in [3.8, 4) is 0 Å². The largest absolute Gasteiger partial charge is 0.497 e. The molecule has 1 rings (SSSR count). The summed E-state index contributed by atoms with van der Waals surface area (Å²) < 4.78 is 5.40. The topological polar surface area (TPSA) is 21.3 Å². The second-order valence-corrected chi connectivity index (χ2v) is 3.14. The average molecular weight is 167 g/mol. The monoisotopic (exact) mass is 167 g/mol. The minimum Gasteiger partial charge on any atom is -0.497 e. The van der Waals surface area contributed by atoms with Crippen LogP contribution in [0.25, 0.3) is 0 Å². The Bertz CT molecular complexity index is 165. The van der Waals surface area contributed by atoms with Crippen molar-refractivity contribution in [3.05, 3.63) is 25.0 Å². The second-order valence-electron chi connectivity index (χ2n) is 3.14. The van der Waals surface area contributed by atoms with Gasteiger partial charge in [-0.3, -0.25) is 0 Å². The quantitative estimate of drug-likeness (QED) is 0.645. The molecule has 0 radical (unpaired) electrons. The summed E-state index contributed by atoms with van der Waals surface area (Å²) in [5.41, 5.74) is 0. The Morgan fingerprint density at radius 2 is 2.67 bits per heavy atom. The van der Waals surface area contributed by atoms with Gasteiger partial charge in [0.15, 0.2) is 0 Å². The summed E-state index contributed by atoms with van der Waals surface area (Å²) in [6, 6.07) is 0.375.